The van der Waals surface area contributed by atoms with Gasteiger partial charge in [-0.2, -0.15) is 123 Å². The molecule has 0 N–H and O–H groups in total. The zero-order valence-corrected chi connectivity index (χ0v) is 27.1. The van der Waals surface area contributed by atoms with Gasteiger partial charge < -0.3 is 13.3 Å². The van der Waals surface area contributed by atoms with E-state index < -0.39 is 117 Å². The van der Waals surface area contributed by atoms with Crippen molar-refractivity contribution in [3.63, 3.8) is 0 Å². The third kappa shape index (κ3) is 6.63. The van der Waals surface area contributed by atoms with Crippen molar-refractivity contribution in [1.82, 2.24) is 0 Å². The van der Waals surface area contributed by atoms with Crippen molar-refractivity contribution >= 4 is 8.80 Å². The van der Waals surface area contributed by atoms with Crippen LogP contribution in [0.2, 0.25) is 6.04 Å². The Balaban J connectivity index is 7.49. The van der Waals surface area contributed by atoms with Gasteiger partial charge in [-0.1, -0.05) is 13.3 Å². The minimum atomic E-state index is -9.87. The molecule has 0 aromatic rings. The van der Waals surface area contributed by atoms with Crippen LogP contribution < -0.4 is 0 Å². The molecule has 0 aliphatic carbocycles. The van der Waals surface area contributed by atoms with E-state index in [1.165, 1.54) is 0 Å². The van der Waals surface area contributed by atoms with Crippen molar-refractivity contribution < 1.29 is 136 Å². The Bertz CT molecular complexity index is 1280. The minimum Gasteiger partial charge on any atom is -0.377 e. The van der Waals surface area contributed by atoms with Crippen molar-refractivity contribution in [2.24, 2.45) is 0 Å². The Morgan fingerprint density at radius 2 is 0.463 bits per heavy atom. The Morgan fingerprint density at radius 1 is 0.296 bits per heavy atom. The van der Waals surface area contributed by atoms with Crippen molar-refractivity contribution in [2.45, 2.75) is 115 Å². The largest absolute Gasteiger partial charge is 0.500 e. The molecule has 0 rings (SSSR count). The molecule has 32 heteroatoms. The third-order valence-electron chi connectivity index (χ3n) is 7.50. The lowest BCUT2D eigenvalue weighted by Gasteiger charge is -2.46. The second-order valence-electron chi connectivity index (χ2n) is 10.8. The van der Waals surface area contributed by atoms with E-state index in [1.54, 1.807) is 0 Å². The van der Waals surface area contributed by atoms with Crippen LogP contribution in [-0.4, -0.2) is 113 Å². The van der Waals surface area contributed by atoms with Crippen LogP contribution in [0.1, 0.15) is 26.2 Å². The fraction of sp³-hybridized carbons (Fsp3) is 1.00. The van der Waals surface area contributed by atoms with Gasteiger partial charge in [0.2, 0.25) is 0 Å². The van der Waals surface area contributed by atoms with E-state index in [9.17, 15) is 123 Å². The fourth-order valence-electron chi connectivity index (χ4n) is 3.93. The number of hydrogen-bond donors (Lipinski definition) is 0. The lowest BCUT2D eigenvalue weighted by Crippen LogP contribution is -2.79. The molecule has 0 aromatic heterocycles. The summed E-state index contributed by atoms with van der Waals surface area (Å²) < 4.78 is 404. The van der Waals surface area contributed by atoms with Gasteiger partial charge in [0.1, 0.15) is 0 Å². The van der Waals surface area contributed by atoms with E-state index in [1.807, 2.05) is 0 Å². The smallest absolute Gasteiger partial charge is 0.377 e. The summed E-state index contributed by atoms with van der Waals surface area (Å²) in [6.07, 6.45) is -7.33. The third-order valence-corrected chi connectivity index (χ3v) is 10.2. The average molecular weight is 892 g/mol. The summed E-state index contributed by atoms with van der Waals surface area (Å²) >= 11 is 0. The maximum atomic E-state index is 14.1. The van der Waals surface area contributed by atoms with Gasteiger partial charge in [-0.25, -0.2) is 0 Å². The molecule has 0 saturated carbocycles. The summed E-state index contributed by atoms with van der Waals surface area (Å²) in [4.78, 5) is 0. The first-order valence-corrected chi connectivity index (χ1v) is 15.1. The quantitative estimate of drug-likeness (QED) is 0.0849. The Labute approximate surface area is 282 Å². The number of hydrogen-bond acceptors (Lipinski definition) is 3. The second kappa shape index (κ2) is 14.2. The van der Waals surface area contributed by atoms with Crippen molar-refractivity contribution in [3.05, 3.63) is 0 Å². The Hall–Kier alpha value is -1.86. The Kier molecular flexibility index (Phi) is 13.7. The van der Waals surface area contributed by atoms with Crippen LogP contribution in [0.4, 0.5) is 123 Å². The van der Waals surface area contributed by atoms with Gasteiger partial charge in [-0.15, -0.1) is 0 Å². The van der Waals surface area contributed by atoms with Gasteiger partial charge in [0, 0.05) is 40.2 Å². The molecule has 0 aromatic carbocycles. The van der Waals surface area contributed by atoms with E-state index in [-0.39, 0.29) is 0 Å². The maximum absolute atomic E-state index is 14.1. The number of rotatable bonds is 21. The molecule has 0 amide bonds. The first kappa shape index (κ1) is 52.1. The van der Waals surface area contributed by atoms with Crippen molar-refractivity contribution in [1.29, 1.82) is 0 Å². The monoisotopic (exact) mass is 892 g/mol. The molecule has 0 aliphatic heterocycles. The molecule has 0 bridgehead atoms. The number of halogens is 28. The van der Waals surface area contributed by atoms with Gasteiger partial charge in [0.25, 0.3) is 0 Å². The van der Waals surface area contributed by atoms with E-state index in [2.05, 4.69) is 13.3 Å². The SMILES string of the molecule is CCCC(F)(F)C(F)(F)C(F)(F)C(F)(F)C(F)(F)C(F)(F)C(F)(F)C(F)(F)C(F)(F)C(F)(F)C(F)(F)C(F)(F)C(F)(F)C(F)(F)CC[Si](OC)(OC)OC. The van der Waals surface area contributed by atoms with Gasteiger partial charge in [0.15, 0.2) is 0 Å². The van der Waals surface area contributed by atoms with E-state index in [0.717, 1.165) is 0 Å². The normalized spacial score (nSPS) is 16.7. The summed E-state index contributed by atoms with van der Waals surface area (Å²) in [5.74, 6) is -125. The molecule has 0 radical (unpaired) electrons. The molecule has 0 heterocycles. The summed E-state index contributed by atoms with van der Waals surface area (Å²) in [6.45, 7) is 0.339. The van der Waals surface area contributed by atoms with Crippen LogP contribution in [0, 0.1) is 0 Å². The van der Waals surface area contributed by atoms with Crippen LogP contribution in [0.3, 0.4) is 0 Å². The lowest BCUT2D eigenvalue weighted by molar-refractivity contribution is -0.485. The molecule has 326 valence electrons. The molecule has 3 nitrogen and oxygen atoms in total. The first-order valence-electron chi connectivity index (χ1n) is 13.1. The second-order valence-corrected chi connectivity index (χ2v) is 13.9. The molecule has 54 heavy (non-hydrogen) atoms. The van der Waals surface area contributed by atoms with Crippen LogP contribution >= 0.6 is 0 Å². The highest BCUT2D eigenvalue weighted by atomic mass is 28.4. The summed E-state index contributed by atoms with van der Waals surface area (Å²) in [6, 6.07) is -1.92. The summed E-state index contributed by atoms with van der Waals surface area (Å²) in [5.41, 5.74) is 0. The topological polar surface area (TPSA) is 27.7 Å². The van der Waals surface area contributed by atoms with Gasteiger partial charge >= 0.3 is 91.7 Å². The molecule has 0 saturated heterocycles. The average Bonchev–Trinajstić information content (AvgIpc) is 3.00. The van der Waals surface area contributed by atoms with Crippen LogP contribution in [-0.2, 0) is 13.3 Å². The highest BCUT2D eigenvalue weighted by Crippen LogP contribution is 2.69. The van der Waals surface area contributed by atoms with Gasteiger partial charge in [-0.05, 0) is 0 Å². The standard InChI is InChI=1S/C22H20F28O3Si/c1-5-6-9(23,24)11(27,28)13(31,32)15(35,36)17(39,40)19(43,44)21(47,48)22(49,50)20(45,46)18(41,42)16(37,38)14(33,34)12(29,30)10(25,26)7-8-54(51-2,52-3)53-4/h5-8H2,1-4H3. The number of alkyl halides is 28. The van der Waals surface area contributed by atoms with E-state index in [0.29, 0.717) is 28.3 Å². The zero-order valence-electron chi connectivity index (χ0n) is 26.1. The van der Waals surface area contributed by atoms with Crippen LogP contribution in [0.15, 0.2) is 0 Å². The molecular weight excluding hydrogens is 872 g/mol. The minimum absolute atomic E-state index is 0.339. The van der Waals surface area contributed by atoms with Crippen molar-refractivity contribution in [3.8, 4) is 0 Å². The van der Waals surface area contributed by atoms with E-state index >= 15 is 0 Å². The molecular formula is C22H20F28O3Si. The highest BCUT2D eigenvalue weighted by molar-refractivity contribution is 6.60. The maximum Gasteiger partial charge on any atom is 0.500 e. The lowest BCUT2D eigenvalue weighted by atomic mass is 9.83. The molecule has 0 spiro atoms. The molecule has 0 fully saturated rings. The van der Waals surface area contributed by atoms with Crippen LogP contribution in [0.25, 0.3) is 0 Å². The van der Waals surface area contributed by atoms with E-state index in [4.69, 9.17) is 0 Å². The fourth-order valence-corrected chi connectivity index (χ4v) is 5.66. The molecule has 0 unspecified atom stereocenters. The van der Waals surface area contributed by atoms with Crippen LogP contribution in [0.5, 0.6) is 0 Å². The zero-order chi connectivity index (χ0) is 44.4. The van der Waals surface area contributed by atoms with Crippen molar-refractivity contribution in [2.75, 3.05) is 21.3 Å². The molecule has 0 aliphatic rings. The predicted octanol–water partition coefficient (Wildman–Crippen LogP) is 10.9. The first-order chi connectivity index (χ1) is 23.2. The van der Waals surface area contributed by atoms with Gasteiger partial charge in [0.05, 0.1) is 0 Å². The molecule has 0 atom stereocenters. The van der Waals surface area contributed by atoms with Gasteiger partial charge in [-0.3, -0.25) is 0 Å². The highest BCUT2D eigenvalue weighted by Gasteiger charge is 3.00. The Morgan fingerprint density at radius 3 is 0.630 bits per heavy atom. The summed E-state index contributed by atoms with van der Waals surface area (Å²) in [5, 5.41) is 0. The summed E-state index contributed by atoms with van der Waals surface area (Å²) in [7, 11) is -3.28. The predicted molar refractivity (Wildman–Crippen MR) is 120 cm³/mol.